The van der Waals surface area contributed by atoms with Crippen LogP contribution in [0.25, 0.3) is 54.6 Å². The predicted molar refractivity (Wildman–Crippen MR) is 122 cm³/mol. The van der Waals surface area contributed by atoms with Gasteiger partial charge in [-0.25, -0.2) is 0 Å². The molecule has 6 rings (SSSR count). The van der Waals surface area contributed by atoms with Gasteiger partial charge < -0.3 is 4.42 Å². The second-order valence-corrected chi connectivity index (χ2v) is 8.03. The van der Waals surface area contributed by atoms with E-state index in [9.17, 15) is 0 Å². The van der Waals surface area contributed by atoms with Crippen LogP contribution < -0.4 is 0 Å². The molecule has 5 aromatic carbocycles. The second-order valence-electron chi connectivity index (χ2n) is 7.12. The summed E-state index contributed by atoms with van der Waals surface area (Å²) in [4.78, 5) is 0. The smallest absolute Gasteiger partial charge is 0.136 e. The van der Waals surface area contributed by atoms with Gasteiger partial charge in [-0.15, -0.1) is 0 Å². The van der Waals surface area contributed by atoms with Gasteiger partial charge in [0.05, 0.1) is 0 Å². The van der Waals surface area contributed by atoms with Crippen LogP contribution in [0.15, 0.2) is 99.9 Å². The van der Waals surface area contributed by atoms with Crippen molar-refractivity contribution < 1.29 is 4.42 Å². The lowest BCUT2D eigenvalue weighted by Crippen LogP contribution is -1.84. The first kappa shape index (κ1) is 15.9. The number of fused-ring (bicyclic) bond motifs is 6. The summed E-state index contributed by atoms with van der Waals surface area (Å²) in [6.45, 7) is 0. The molecular formula is C26H15BrO. The Bertz CT molecular complexity index is 1520. The first-order valence-corrected chi connectivity index (χ1v) is 10.1. The molecule has 0 unspecified atom stereocenters. The molecule has 0 saturated carbocycles. The highest BCUT2D eigenvalue weighted by atomic mass is 79.9. The first-order chi connectivity index (χ1) is 13.8. The molecule has 0 amide bonds. The zero-order chi connectivity index (χ0) is 18.7. The largest absolute Gasteiger partial charge is 0.456 e. The van der Waals surface area contributed by atoms with Gasteiger partial charge in [-0.05, 0) is 51.4 Å². The maximum Gasteiger partial charge on any atom is 0.136 e. The molecular weight excluding hydrogens is 408 g/mol. The number of benzene rings is 5. The molecule has 1 heterocycles. The zero-order valence-corrected chi connectivity index (χ0v) is 16.5. The lowest BCUT2D eigenvalue weighted by atomic mass is 9.92. The van der Waals surface area contributed by atoms with Crippen LogP contribution >= 0.6 is 15.9 Å². The molecule has 28 heavy (non-hydrogen) atoms. The SMILES string of the molecule is Brc1cccc(-c2c3ccccc3cc3oc4ccc5ccccc5c4c23)c1. The van der Waals surface area contributed by atoms with Gasteiger partial charge in [0, 0.05) is 20.8 Å². The minimum absolute atomic E-state index is 0.931. The van der Waals surface area contributed by atoms with E-state index in [4.69, 9.17) is 4.42 Å². The maximum atomic E-state index is 6.35. The Morgan fingerprint density at radius 3 is 2.21 bits per heavy atom. The van der Waals surface area contributed by atoms with Gasteiger partial charge in [0.25, 0.3) is 0 Å². The molecule has 0 atom stereocenters. The number of furan rings is 1. The van der Waals surface area contributed by atoms with Crippen LogP contribution in [0.5, 0.6) is 0 Å². The summed E-state index contributed by atoms with van der Waals surface area (Å²) in [6.07, 6.45) is 0. The van der Waals surface area contributed by atoms with E-state index in [0.29, 0.717) is 0 Å². The van der Waals surface area contributed by atoms with Crippen LogP contribution in [0.2, 0.25) is 0 Å². The van der Waals surface area contributed by atoms with Crippen LogP contribution in [0, 0.1) is 0 Å². The molecule has 132 valence electrons. The third-order valence-electron chi connectivity index (χ3n) is 5.49. The average molecular weight is 423 g/mol. The minimum Gasteiger partial charge on any atom is -0.456 e. The predicted octanol–water partition coefficient (Wildman–Crippen LogP) is 8.32. The molecule has 0 radical (unpaired) electrons. The standard InChI is InChI=1S/C26H15BrO/c27-19-9-5-8-18(14-19)24-21-11-4-2-7-17(21)15-23-26(24)25-20-10-3-1-6-16(20)12-13-22(25)28-23/h1-15H. The van der Waals surface area contributed by atoms with E-state index < -0.39 is 0 Å². The van der Waals surface area contributed by atoms with Gasteiger partial charge in [-0.1, -0.05) is 82.7 Å². The zero-order valence-electron chi connectivity index (χ0n) is 14.9. The number of halogens is 1. The van der Waals surface area contributed by atoms with Gasteiger partial charge >= 0.3 is 0 Å². The molecule has 6 aromatic rings. The Kier molecular flexibility index (Phi) is 3.38. The van der Waals surface area contributed by atoms with Crippen molar-refractivity contribution in [1.82, 2.24) is 0 Å². The van der Waals surface area contributed by atoms with Gasteiger partial charge in [0.1, 0.15) is 11.2 Å². The van der Waals surface area contributed by atoms with E-state index >= 15 is 0 Å². The molecule has 0 aliphatic carbocycles. The van der Waals surface area contributed by atoms with Gasteiger partial charge in [-0.3, -0.25) is 0 Å². The monoisotopic (exact) mass is 422 g/mol. The van der Waals surface area contributed by atoms with Crippen LogP contribution in [-0.2, 0) is 0 Å². The van der Waals surface area contributed by atoms with Crippen molar-refractivity contribution in [3.63, 3.8) is 0 Å². The highest BCUT2D eigenvalue weighted by Gasteiger charge is 2.18. The fourth-order valence-electron chi connectivity index (χ4n) is 4.31. The fraction of sp³-hybridized carbons (Fsp3) is 0. The van der Waals surface area contributed by atoms with Crippen LogP contribution in [-0.4, -0.2) is 0 Å². The van der Waals surface area contributed by atoms with Crippen LogP contribution in [0.4, 0.5) is 0 Å². The summed E-state index contributed by atoms with van der Waals surface area (Å²) in [5.41, 5.74) is 4.27. The van der Waals surface area contributed by atoms with Crippen molar-refractivity contribution >= 4 is 59.4 Å². The highest BCUT2D eigenvalue weighted by molar-refractivity contribution is 9.10. The van der Waals surface area contributed by atoms with E-state index in [1.165, 1.54) is 43.4 Å². The van der Waals surface area contributed by atoms with E-state index in [0.717, 1.165) is 15.6 Å². The third kappa shape index (κ3) is 2.25. The van der Waals surface area contributed by atoms with Crippen LogP contribution in [0.1, 0.15) is 0 Å². The summed E-state index contributed by atoms with van der Waals surface area (Å²) >= 11 is 3.64. The molecule has 0 bridgehead atoms. The normalized spacial score (nSPS) is 11.8. The Balaban J connectivity index is 1.93. The van der Waals surface area contributed by atoms with Gasteiger partial charge in [0.2, 0.25) is 0 Å². The molecule has 1 aromatic heterocycles. The fourth-order valence-corrected chi connectivity index (χ4v) is 4.71. The van der Waals surface area contributed by atoms with Crippen molar-refractivity contribution in [2.24, 2.45) is 0 Å². The third-order valence-corrected chi connectivity index (χ3v) is 5.98. The number of rotatable bonds is 1. The molecule has 2 heteroatoms. The van der Waals surface area contributed by atoms with E-state index in [1.807, 2.05) is 0 Å². The van der Waals surface area contributed by atoms with Crippen molar-refractivity contribution in [3.8, 4) is 11.1 Å². The van der Waals surface area contributed by atoms with E-state index in [2.05, 4.69) is 107 Å². The number of hydrogen-bond donors (Lipinski definition) is 0. The summed E-state index contributed by atoms with van der Waals surface area (Å²) in [5.74, 6) is 0. The molecule has 0 saturated heterocycles. The molecule has 0 spiro atoms. The Morgan fingerprint density at radius 2 is 1.36 bits per heavy atom. The number of hydrogen-bond acceptors (Lipinski definition) is 1. The summed E-state index contributed by atoms with van der Waals surface area (Å²) in [5, 5.41) is 7.26. The van der Waals surface area contributed by atoms with Crippen LogP contribution in [0.3, 0.4) is 0 Å². The van der Waals surface area contributed by atoms with Crippen molar-refractivity contribution in [2.45, 2.75) is 0 Å². The molecule has 0 N–H and O–H groups in total. The molecule has 0 fully saturated rings. The van der Waals surface area contributed by atoms with E-state index in [1.54, 1.807) is 0 Å². The average Bonchev–Trinajstić information content (AvgIpc) is 3.10. The van der Waals surface area contributed by atoms with Crippen molar-refractivity contribution in [2.75, 3.05) is 0 Å². The summed E-state index contributed by atoms with van der Waals surface area (Å²) < 4.78 is 7.42. The molecule has 1 nitrogen and oxygen atoms in total. The lowest BCUT2D eigenvalue weighted by Gasteiger charge is -2.10. The Hall–Kier alpha value is -3.10. The lowest BCUT2D eigenvalue weighted by molar-refractivity contribution is 0.670. The topological polar surface area (TPSA) is 13.1 Å². The molecule has 0 aliphatic rings. The summed E-state index contributed by atoms with van der Waals surface area (Å²) in [7, 11) is 0. The van der Waals surface area contributed by atoms with Gasteiger partial charge in [-0.2, -0.15) is 0 Å². The highest BCUT2D eigenvalue weighted by Crippen LogP contribution is 2.44. The summed E-state index contributed by atoms with van der Waals surface area (Å²) in [6, 6.07) is 32.0. The second kappa shape index (κ2) is 5.95. The molecule has 0 aliphatic heterocycles. The minimum atomic E-state index is 0.931. The Labute approximate surface area is 170 Å². The van der Waals surface area contributed by atoms with Gasteiger partial charge in [0.15, 0.2) is 0 Å². The van der Waals surface area contributed by atoms with E-state index in [-0.39, 0.29) is 0 Å². The van der Waals surface area contributed by atoms with Crippen molar-refractivity contribution in [1.29, 1.82) is 0 Å². The van der Waals surface area contributed by atoms with Crippen molar-refractivity contribution in [3.05, 3.63) is 95.5 Å². The maximum absolute atomic E-state index is 6.35. The quantitative estimate of drug-likeness (QED) is 0.259. The first-order valence-electron chi connectivity index (χ1n) is 9.31. The Morgan fingerprint density at radius 1 is 0.571 bits per heavy atom.